The maximum Gasteiger partial charge on any atom is 0.331 e. The SMILES string of the molecule is CCOC(=O)/C=C/C(=O)OCCCC(=O)Oc1cc(O)cc(O)c1. The fourth-order valence-corrected chi connectivity index (χ4v) is 1.57. The van der Waals surface area contributed by atoms with Crippen molar-refractivity contribution in [1.82, 2.24) is 0 Å². The number of hydrogen-bond donors (Lipinski definition) is 2. The van der Waals surface area contributed by atoms with Crippen LogP contribution in [0.15, 0.2) is 30.4 Å². The third-order valence-electron chi connectivity index (χ3n) is 2.52. The standard InChI is InChI=1S/C16H18O8/c1-2-22-14(19)5-6-15(20)23-7-3-4-16(21)24-13-9-11(17)8-12(18)10-13/h5-6,8-10,17-18H,2-4,7H2,1H3/b6-5+. The monoisotopic (exact) mass is 338 g/mol. The number of esters is 3. The first kappa shape index (κ1) is 19.0. The van der Waals surface area contributed by atoms with Crippen molar-refractivity contribution in [3.63, 3.8) is 0 Å². The van der Waals surface area contributed by atoms with Crippen molar-refractivity contribution < 1.29 is 38.8 Å². The zero-order chi connectivity index (χ0) is 17.9. The van der Waals surface area contributed by atoms with Crippen LogP contribution < -0.4 is 4.74 Å². The van der Waals surface area contributed by atoms with Crippen LogP contribution in [-0.4, -0.2) is 41.3 Å². The van der Waals surface area contributed by atoms with Crippen molar-refractivity contribution in [2.24, 2.45) is 0 Å². The highest BCUT2D eigenvalue weighted by molar-refractivity contribution is 5.91. The van der Waals surface area contributed by atoms with Crippen LogP contribution in [0.4, 0.5) is 0 Å². The largest absolute Gasteiger partial charge is 0.508 e. The number of carbonyl (C=O) groups is 3. The summed E-state index contributed by atoms with van der Waals surface area (Å²) in [6, 6.07) is 3.45. The van der Waals surface area contributed by atoms with Gasteiger partial charge in [0, 0.05) is 36.8 Å². The van der Waals surface area contributed by atoms with Crippen molar-refractivity contribution in [3.8, 4) is 17.2 Å². The van der Waals surface area contributed by atoms with Crippen LogP contribution in [0.1, 0.15) is 19.8 Å². The second-order valence-electron chi connectivity index (χ2n) is 4.52. The molecular weight excluding hydrogens is 320 g/mol. The average molecular weight is 338 g/mol. The molecule has 0 radical (unpaired) electrons. The Labute approximate surface area is 138 Å². The van der Waals surface area contributed by atoms with Crippen LogP contribution in [0.5, 0.6) is 17.2 Å². The van der Waals surface area contributed by atoms with E-state index < -0.39 is 17.9 Å². The summed E-state index contributed by atoms with van der Waals surface area (Å²) in [5.74, 6) is -2.45. The molecular formula is C16H18O8. The molecule has 0 fully saturated rings. The fraction of sp³-hybridized carbons (Fsp3) is 0.312. The number of carbonyl (C=O) groups excluding carboxylic acids is 3. The van der Waals surface area contributed by atoms with Gasteiger partial charge in [0.2, 0.25) is 0 Å². The maximum absolute atomic E-state index is 11.6. The van der Waals surface area contributed by atoms with E-state index >= 15 is 0 Å². The number of ether oxygens (including phenoxy) is 3. The van der Waals surface area contributed by atoms with E-state index in [1.807, 2.05) is 0 Å². The number of hydrogen-bond acceptors (Lipinski definition) is 8. The molecule has 1 aromatic carbocycles. The molecule has 0 bridgehead atoms. The second kappa shape index (κ2) is 9.88. The van der Waals surface area contributed by atoms with E-state index in [0.29, 0.717) is 0 Å². The molecule has 0 aliphatic heterocycles. The quantitative estimate of drug-likeness (QED) is 0.316. The van der Waals surface area contributed by atoms with Crippen LogP contribution in [-0.2, 0) is 23.9 Å². The van der Waals surface area contributed by atoms with Gasteiger partial charge >= 0.3 is 17.9 Å². The Bertz CT molecular complexity index is 600. The summed E-state index contributed by atoms with van der Waals surface area (Å²) >= 11 is 0. The van der Waals surface area contributed by atoms with Gasteiger partial charge in [-0.25, -0.2) is 9.59 Å². The lowest BCUT2D eigenvalue weighted by Crippen LogP contribution is -2.10. The van der Waals surface area contributed by atoms with Gasteiger partial charge in [0.05, 0.1) is 13.2 Å². The summed E-state index contributed by atoms with van der Waals surface area (Å²) in [5.41, 5.74) is 0. The predicted octanol–water partition coefficient (Wildman–Crippen LogP) is 1.45. The van der Waals surface area contributed by atoms with Crippen molar-refractivity contribution in [2.75, 3.05) is 13.2 Å². The highest BCUT2D eigenvalue weighted by atomic mass is 16.5. The van der Waals surface area contributed by atoms with Crippen molar-refractivity contribution in [1.29, 1.82) is 0 Å². The molecule has 0 aliphatic rings. The van der Waals surface area contributed by atoms with Crippen LogP contribution in [0, 0.1) is 0 Å². The van der Waals surface area contributed by atoms with Gasteiger partial charge in [-0.2, -0.15) is 0 Å². The lowest BCUT2D eigenvalue weighted by atomic mass is 10.3. The number of aromatic hydroxyl groups is 2. The minimum absolute atomic E-state index is 0.00636. The molecule has 0 aromatic heterocycles. The summed E-state index contributed by atoms with van der Waals surface area (Å²) in [6.07, 6.45) is 2.06. The van der Waals surface area contributed by atoms with Gasteiger partial charge in [0.1, 0.15) is 17.2 Å². The first-order chi connectivity index (χ1) is 11.4. The predicted molar refractivity (Wildman–Crippen MR) is 81.4 cm³/mol. The second-order valence-corrected chi connectivity index (χ2v) is 4.52. The van der Waals surface area contributed by atoms with Gasteiger partial charge in [-0.3, -0.25) is 4.79 Å². The molecule has 2 N–H and O–H groups in total. The van der Waals surface area contributed by atoms with E-state index in [2.05, 4.69) is 4.74 Å². The topological polar surface area (TPSA) is 119 Å². The number of benzene rings is 1. The summed E-state index contributed by atoms with van der Waals surface area (Å²) in [7, 11) is 0. The van der Waals surface area contributed by atoms with Gasteiger partial charge in [0.15, 0.2) is 0 Å². The van der Waals surface area contributed by atoms with Gasteiger partial charge < -0.3 is 24.4 Å². The maximum atomic E-state index is 11.6. The molecule has 1 aromatic rings. The van der Waals surface area contributed by atoms with Crippen molar-refractivity contribution in [3.05, 3.63) is 30.4 Å². The zero-order valence-electron chi connectivity index (χ0n) is 13.1. The van der Waals surface area contributed by atoms with Crippen molar-refractivity contribution >= 4 is 17.9 Å². The molecule has 0 amide bonds. The van der Waals surface area contributed by atoms with Gasteiger partial charge in [-0.05, 0) is 13.3 Å². The normalized spacial score (nSPS) is 10.4. The first-order valence-electron chi connectivity index (χ1n) is 7.16. The third kappa shape index (κ3) is 7.83. The van der Waals surface area contributed by atoms with Gasteiger partial charge in [0.25, 0.3) is 0 Å². The molecule has 0 saturated heterocycles. The lowest BCUT2D eigenvalue weighted by molar-refractivity contribution is -0.141. The van der Waals surface area contributed by atoms with Crippen LogP contribution >= 0.6 is 0 Å². The van der Waals surface area contributed by atoms with E-state index in [4.69, 9.17) is 9.47 Å². The molecule has 8 nitrogen and oxygen atoms in total. The molecule has 130 valence electrons. The molecule has 0 unspecified atom stereocenters. The highest BCUT2D eigenvalue weighted by Gasteiger charge is 2.08. The summed E-state index contributed by atoms with van der Waals surface area (Å²) < 4.78 is 14.3. The minimum atomic E-state index is -0.727. The zero-order valence-corrected chi connectivity index (χ0v) is 13.1. The van der Waals surface area contributed by atoms with Gasteiger partial charge in [-0.1, -0.05) is 0 Å². The van der Waals surface area contributed by atoms with Crippen molar-refractivity contribution in [2.45, 2.75) is 19.8 Å². The Balaban J connectivity index is 2.26. The Morgan fingerprint density at radius 2 is 1.58 bits per heavy atom. The molecule has 1 rings (SSSR count). The Kier molecular flexibility index (Phi) is 7.83. The summed E-state index contributed by atoms with van der Waals surface area (Å²) in [4.78, 5) is 33.8. The molecule has 8 heteroatoms. The molecule has 24 heavy (non-hydrogen) atoms. The lowest BCUT2D eigenvalue weighted by Gasteiger charge is -2.05. The Hall–Kier alpha value is -3.03. The summed E-state index contributed by atoms with van der Waals surface area (Å²) in [6.45, 7) is 1.81. The molecule has 0 aliphatic carbocycles. The Morgan fingerprint density at radius 1 is 1.00 bits per heavy atom. The molecule has 0 spiro atoms. The smallest absolute Gasteiger partial charge is 0.331 e. The van der Waals surface area contributed by atoms with Crippen LogP contribution in [0.3, 0.4) is 0 Å². The highest BCUT2D eigenvalue weighted by Crippen LogP contribution is 2.25. The minimum Gasteiger partial charge on any atom is -0.508 e. The van der Waals surface area contributed by atoms with E-state index in [1.54, 1.807) is 6.92 Å². The molecule has 0 atom stereocenters. The fourth-order valence-electron chi connectivity index (χ4n) is 1.57. The van der Waals surface area contributed by atoms with E-state index in [1.165, 1.54) is 12.1 Å². The van der Waals surface area contributed by atoms with E-state index in [9.17, 15) is 24.6 Å². The number of phenolic OH excluding ortho intramolecular Hbond substituents is 2. The number of rotatable bonds is 8. The first-order valence-corrected chi connectivity index (χ1v) is 7.16. The van der Waals surface area contributed by atoms with Crippen LogP contribution in [0.25, 0.3) is 0 Å². The van der Waals surface area contributed by atoms with E-state index in [0.717, 1.165) is 18.2 Å². The average Bonchev–Trinajstić information content (AvgIpc) is 2.49. The summed E-state index contributed by atoms with van der Waals surface area (Å²) in [5, 5.41) is 18.5. The molecule has 0 saturated carbocycles. The number of phenols is 2. The molecule has 0 heterocycles. The van der Waals surface area contributed by atoms with Gasteiger partial charge in [-0.15, -0.1) is 0 Å². The third-order valence-corrected chi connectivity index (χ3v) is 2.52. The Morgan fingerprint density at radius 3 is 2.17 bits per heavy atom. The van der Waals surface area contributed by atoms with Crippen LogP contribution in [0.2, 0.25) is 0 Å². The van der Waals surface area contributed by atoms with E-state index in [-0.39, 0.29) is 43.3 Å².